The number of ketones is 1. The summed E-state index contributed by atoms with van der Waals surface area (Å²) in [5, 5.41) is 49.8. The van der Waals surface area contributed by atoms with Gasteiger partial charge in [0.15, 0.2) is 24.0 Å². The summed E-state index contributed by atoms with van der Waals surface area (Å²) in [7, 11) is 3.72. The predicted molar refractivity (Wildman–Crippen MR) is 238 cm³/mol. The molecule has 11 nitrogen and oxygen atoms in total. The number of hydrogen-bond acceptors (Lipinski definition) is 11. The predicted octanol–water partition coefficient (Wildman–Crippen LogP) is 6.83. The molecule has 0 spiro atoms. The first kappa shape index (κ1) is 45.8. The van der Waals surface area contributed by atoms with E-state index in [1.807, 2.05) is 27.9 Å². The fourth-order valence-electron chi connectivity index (χ4n) is 16.2. The minimum atomic E-state index is -1.16. The molecule has 2 aliphatic heterocycles. The van der Waals surface area contributed by atoms with Gasteiger partial charge in [-0.2, -0.15) is 5.10 Å². The van der Waals surface area contributed by atoms with Gasteiger partial charge in [-0.1, -0.05) is 95.9 Å². The summed E-state index contributed by atoms with van der Waals surface area (Å²) in [5.74, 6) is 1.11. The van der Waals surface area contributed by atoms with Crippen molar-refractivity contribution in [3.05, 3.63) is 71.9 Å². The van der Waals surface area contributed by atoms with Crippen molar-refractivity contribution in [2.45, 2.75) is 149 Å². The Morgan fingerprint density at radius 1 is 0.758 bits per heavy atom. The van der Waals surface area contributed by atoms with Gasteiger partial charge in [-0.15, -0.1) is 0 Å². The number of aliphatic hydroxyl groups is 4. The normalized spacial score (nSPS) is 50.5. The van der Waals surface area contributed by atoms with Crippen LogP contribution in [0.25, 0.3) is 0 Å². The van der Waals surface area contributed by atoms with Gasteiger partial charge in [-0.3, -0.25) is 4.79 Å². The molecule has 0 aromatic carbocycles. The van der Waals surface area contributed by atoms with E-state index in [-0.39, 0.29) is 78.2 Å². The number of hydrogen-bond donors (Lipinski definition) is 4. The lowest BCUT2D eigenvalue weighted by atomic mass is 9.46. The number of rotatable bonds is 5. The maximum atomic E-state index is 13.1. The molecule has 8 aliphatic carbocycles. The molecule has 11 heteroatoms. The highest BCUT2D eigenvalue weighted by atomic mass is 16.7. The highest BCUT2D eigenvalue weighted by Crippen LogP contribution is 2.71. The van der Waals surface area contributed by atoms with Crippen molar-refractivity contribution < 1.29 is 44.2 Å². The Balaban J connectivity index is 0.000000169. The Morgan fingerprint density at radius 2 is 1.19 bits per heavy atom. The Morgan fingerprint density at radius 3 is 1.63 bits per heavy atom. The summed E-state index contributed by atoms with van der Waals surface area (Å²) in [4.78, 5) is 13.1. The third-order valence-corrected chi connectivity index (χ3v) is 18.4. The van der Waals surface area contributed by atoms with Gasteiger partial charge in [0.1, 0.15) is 12.2 Å². The van der Waals surface area contributed by atoms with Crippen LogP contribution in [0.3, 0.4) is 0 Å². The zero-order chi connectivity index (χ0) is 43.8. The van der Waals surface area contributed by atoms with Crippen LogP contribution >= 0.6 is 0 Å². The molecule has 18 atom stereocenters. The number of ether oxygens (including phenoxy) is 4. The monoisotopic (exact) mass is 859 g/mol. The van der Waals surface area contributed by atoms with E-state index in [2.05, 4.69) is 82.4 Å². The Kier molecular flexibility index (Phi) is 11.4. The fraction of sp³-hybridized carbons (Fsp3) is 0.725. The molecule has 2 heterocycles. The van der Waals surface area contributed by atoms with Gasteiger partial charge < -0.3 is 44.4 Å². The minimum absolute atomic E-state index is 0. The van der Waals surface area contributed by atoms with E-state index in [0.29, 0.717) is 30.4 Å². The van der Waals surface area contributed by atoms with Crippen LogP contribution in [0.5, 0.6) is 0 Å². The van der Waals surface area contributed by atoms with E-state index in [4.69, 9.17) is 18.9 Å². The molecule has 0 amide bonds. The van der Waals surface area contributed by atoms with Gasteiger partial charge in [0.2, 0.25) is 0 Å². The molecule has 342 valence electrons. The van der Waals surface area contributed by atoms with Gasteiger partial charge in [-0.05, 0) is 100 Å². The van der Waals surface area contributed by atoms with Crippen LogP contribution in [0, 0.1) is 57.2 Å². The van der Waals surface area contributed by atoms with Crippen molar-refractivity contribution in [2.24, 2.45) is 62.3 Å². The zero-order valence-electron chi connectivity index (χ0n) is 37.6. The van der Waals surface area contributed by atoms with Crippen molar-refractivity contribution in [3.63, 3.8) is 0 Å². The molecule has 0 aromatic heterocycles. The maximum Gasteiger partial charge on any atom is 0.193 e. The van der Waals surface area contributed by atoms with Crippen molar-refractivity contribution in [1.29, 1.82) is 0 Å². The summed E-state index contributed by atoms with van der Waals surface area (Å²) in [6, 6.07) is 0. The topological polar surface area (TPSA) is 151 Å². The third-order valence-electron chi connectivity index (χ3n) is 18.4. The summed E-state index contributed by atoms with van der Waals surface area (Å²) in [6.07, 6.45) is 17.4. The van der Waals surface area contributed by atoms with Gasteiger partial charge in [-0.25, -0.2) is 0 Å². The molecule has 4 N–H and O–H groups in total. The first-order valence-electron chi connectivity index (χ1n) is 23.0. The van der Waals surface area contributed by atoms with Gasteiger partial charge in [0, 0.05) is 47.6 Å². The molecule has 62 heavy (non-hydrogen) atoms. The number of aliphatic hydroxyl groups excluding tert-OH is 4. The molecule has 10 aliphatic rings. The highest BCUT2D eigenvalue weighted by Gasteiger charge is 2.77. The van der Waals surface area contributed by atoms with Crippen LogP contribution < -0.4 is 0 Å². The first-order chi connectivity index (χ1) is 28.7. The van der Waals surface area contributed by atoms with Gasteiger partial charge in [0.25, 0.3) is 0 Å². The van der Waals surface area contributed by atoms with Crippen molar-refractivity contribution in [1.82, 2.24) is 5.01 Å². The molecular formula is C51H74N2O9. The summed E-state index contributed by atoms with van der Waals surface area (Å²) in [5.41, 5.74) is 2.18. The lowest BCUT2D eigenvalue weighted by Crippen LogP contribution is -2.63. The average Bonchev–Trinajstić information content (AvgIpc) is 3.86. The molecule has 0 aromatic rings. The lowest BCUT2D eigenvalue weighted by molar-refractivity contribution is -0.197. The van der Waals surface area contributed by atoms with Crippen LogP contribution in [0.15, 0.2) is 77.0 Å². The van der Waals surface area contributed by atoms with Crippen molar-refractivity contribution >= 4 is 11.5 Å². The number of fused-ring (bicyclic) bond motifs is 14. The molecule has 10 rings (SSSR count). The number of Topliss-reactive ketones (excluding diaryl/α,β-unsaturated/α-hetero) is 1. The number of carbonyl (C=O) groups is 1. The second-order valence-corrected chi connectivity index (χ2v) is 21.5. The maximum absolute atomic E-state index is 13.1. The third kappa shape index (κ3) is 6.04. The number of carbonyl (C=O) groups excluding carboxylic acids is 1. The standard InChI is InChI=1S/C26H38N2O4.C24H32O5.CH4/c1-15-9-10-24(3)17(11-15)7-8-18-19-12-22-26(32-16(2)31-22,21(14-29)27-28(5)6)25(19,4)13-20(30)23(18)24;1-13-7-8-22(3)15(9-13)5-6-16-17-10-20-24(19(27)12-25,29-14(2)28-20)23(17,4)11-18(26)21(16)22;/h9-11,16,18-20,22-23,29-30H,1,7-8,12-14H2,2-6H3;7-9,14,16-18,20-21,25-26H,1,5-6,10-12H2,2-4H3;1H4/b27-21-;;/t16?,18-,19-,20-,22+,23+,24-,25-,26+;14?,16-,17-,18-,20+,21+,22-,23-,24+;/m00./s1. The molecule has 6 saturated carbocycles. The Bertz CT molecular complexity index is 2020. The Hall–Kier alpha value is -2.74. The number of allylic oxidation sites excluding steroid dienone is 10. The van der Waals surface area contributed by atoms with Crippen LogP contribution in [0.1, 0.15) is 100 Å². The number of nitrogens with zero attached hydrogens (tertiary/aromatic N) is 2. The van der Waals surface area contributed by atoms with E-state index in [9.17, 15) is 25.2 Å². The van der Waals surface area contributed by atoms with E-state index in [1.165, 1.54) is 11.1 Å². The number of hydrazone groups is 1. The lowest BCUT2D eigenvalue weighted by Gasteiger charge is -2.60. The van der Waals surface area contributed by atoms with Crippen molar-refractivity contribution in [3.8, 4) is 0 Å². The Labute approximate surface area is 369 Å². The highest BCUT2D eigenvalue weighted by molar-refractivity contribution is 5.96. The first-order valence-corrected chi connectivity index (χ1v) is 23.0. The molecule has 8 fully saturated rings. The van der Waals surface area contributed by atoms with E-state index >= 15 is 0 Å². The zero-order valence-corrected chi connectivity index (χ0v) is 37.6. The quantitative estimate of drug-likeness (QED) is 0.171. The molecule has 0 bridgehead atoms. The fourth-order valence-corrected chi connectivity index (χ4v) is 16.2. The smallest absolute Gasteiger partial charge is 0.193 e. The van der Waals surface area contributed by atoms with Crippen LogP contribution in [-0.4, -0.2) is 112 Å². The van der Waals surface area contributed by atoms with E-state index < -0.39 is 41.7 Å². The van der Waals surface area contributed by atoms with Crippen LogP contribution in [0.4, 0.5) is 0 Å². The summed E-state index contributed by atoms with van der Waals surface area (Å²) < 4.78 is 25.2. The second-order valence-electron chi connectivity index (χ2n) is 21.5. The minimum Gasteiger partial charge on any atom is -0.393 e. The molecule has 2 unspecified atom stereocenters. The molecular weight excluding hydrogens is 785 g/mol. The second kappa shape index (κ2) is 15.4. The van der Waals surface area contributed by atoms with E-state index in [0.717, 1.165) is 49.7 Å². The van der Waals surface area contributed by atoms with Gasteiger partial charge >= 0.3 is 0 Å². The molecule has 2 saturated heterocycles. The largest absolute Gasteiger partial charge is 0.393 e. The van der Waals surface area contributed by atoms with Crippen molar-refractivity contribution in [2.75, 3.05) is 27.3 Å². The SMILES string of the molecule is C.C=C1C=C[C@@]2(C)C(=C1)CC[C@@H]1[C@@H]2[C@@H](O)C[C@@]2(C)[C@H]1C[C@H]1OC(C)O[C@]12/C(CO)=N\N(C)C.C=C1C=C[C@@]2(C)C(=C1)CC[C@@H]1[C@@H]2[C@@H](O)C[C@@]2(C)[C@H]1C[C@H]1OC(C)O[C@]12C(=O)CO. The van der Waals surface area contributed by atoms with Gasteiger partial charge in [0.05, 0.1) is 36.7 Å². The average molecular weight is 859 g/mol. The van der Waals surface area contributed by atoms with E-state index in [1.54, 1.807) is 5.01 Å². The molecule has 0 radical (unpaired) electrons. The van der Waals surface area contributed by atoms with Crippen LogP contribution in [-0.2, 0) is 23.7 Å². The summed E-state index contributed by atoms with van der Waals surface area (Å²) in [6.45, 7) is 20.1. The van der Waals surface area contributed by atoms with Crippen LogP contribution in [0.2, 0.25) is 0 Å². The summed E-state index contributed by atoms with van der Waals surface area (Å²) >= 11 is 0.